The lowest BCUT2D eigenvalue weighted by Gasteiger charge is -2.10. The third-order valence-electron chi connectivity index (χ3n) is 2.63. The van der Waals surface area contributed by atoms with Crippen LogP contribution in [0.15, 0.2) is 42.5 Å². The van der Waals surface area contributed by atoms with Crippen LogP contribution < -0.4 is 0 Å². The highest BCUT2D eigenvalue weighted by atomic mass is 79.9. The number of halogens is 4. The van der Waals surface area contributed by atoms with Gasteiger partial charge in [0.05, 0.1) is 0 Å². The zero-order valence-electron chi connectivity index (χ0n) is 9.34. The average molecular weight is 332 g/mol. The highest BCUT2D eigenvalue weighted by molar-refractivity contribution is 9.09. The van der Waals surface area contributed by atoms with Crippen LogP contribution in [0.4, 0.5) is 8.78 Å². The smallest absolute Gasteiger partial charge is 0.159 e. The Balaban J connectivity index is 2.13. The molecule has 2 rings (SSSR count). The van der Waals surface area contributed by atoms with Crippen LogP contribution in [0, 0.1) is 11.6 Å². The molecule has 0 fully saturated rings. The molecule has 1 atom stereocenters. The number of hydrogen-bond acceptors (Lipinski definition) is 0. The Bertz CT molecular complexity index is 540. The summed E-state index contributed by atoms with van der Waals surface area (Å²) in [6.45, 7) is 0. The Morgan fingerprint density at radius 3 is 2.28 bits per heavy atom. The lowest BCUT2D eigenvalue weighted by molar-refractivity contribution is 0.507. The predicted octanol–water partition coefficient (Wildman–Crippen LogP) is 5.30. The van der Waals surface area contributed by atoms with Crippen LogP contribution in [0.1, 0.15) is 16.0 Å². The predicted molar refractivity (Wildman–Crippen MR) is 73.2 cm³/mol. The highest BCUT2D eigenvalue weighted by Crippen LogP contribution is 2.28. The van der Waals surface area contributed by atoms with Crippen LogP contribution in [0.5, 0.6) is 0 Å². The molecule has 0 N–H and O–H groups in total. The summed E-state index contributed by atoms with van der Waals surface area (Å²) in [5.41, 5.74) is 1.79. The van der Waals surface area contributed by atoms with E-state index < -0.39 is 11.6 Å². The lowest BCUT2D eigenvalue weighted by Crippen LogP contribution is -1.97. The maximum atomic E-state index is 13.1. The molecule has 2 aromatic rings. The van der Waals surface area contributed by atoms with Crippen molar-refractivity contribution in [1.29, 1.82) is 0 Å². The highest BCUT2D eigenvalue weighted by Gasteiger charge is 2.10. The van der Waals surface area contributed by atoms with Crippen LogP contribution in [0.25, 0.3) is 0 Å². The summed E-state index contributed by atoms with van der Waals surface area (Å²) in [5.74, 6) is -1.64. The molecule has 18 heavy (non-hydrogen) atoms. The second-order valence-corrected chi connectivity index (χ2v) is 5.51. The van der Waals surface area contributed by atoms with Crippen molar-refractivity contribution in [2.75, 3.05) is 0 Å². The first kappa shape index (κ1) is 13.5. The van der Waals surface area contributed by atoms with Gasteiger partial charge in [0, 0.05) is 9.85 Å². The molecule has 0 aliphatic carbocycles. The topological polar surface area (TPSA) is 0 Å². The molecule has 0 radical (unpaired) electrons. The first-order valence-corrected chi connectivity index (χ1v) is 6.69. The fourth-order valence-corrected chi connectivity index (χ4v) is 2.47. The largest absolute Gasteiger partial charge is 0.204 e. The Morgan fingerprint density at radius 2 is 1.67 bits per heavy atom. The third kappa shape index (κ3) is 3.30. The van der Waals surface area contributed by atoms with Gasteiger partial charge in [-0.25, -0.2) is 8.78 Å². The molecular formula is C14H10BrClF2. The minimum Gasteiger partial charge on any atom is -0.204 e. The van der Waals surface area contributed by atoms with Gasteiger partial charge in [-0.1, -0.05) is 45.7 Å². The Morgan fingerprint density at radius 1 is 1.00 bits per heavy atom. The van der Waals surface area contributed by atoms with E-state index in [1.807, 2.05) is 12.1 Å². The summed E-state index contributed by atoms with van der Waals surface area (Å²) in [4.78, 5) is 0.0413. The summed E-state index contributed by atoms with van der Waals surface area (Å²) in [5, 5.41) is 0.672. The fraction of sp³-hybridized carbons (Fsp3) is 0.143. The minimum absolute atomic E-state index is 0.0413. The third-order valence-corrected chi connectivity index (χ3v) is 3.74. The van der Waals surface area contributed by atoms with E-state index in [0.29, 0.717) is 11.4 Å². The van der Waals surface area contributed by atoms with Crippen LogP contribution in [0.2, 0.25) is 5.02 Å². The molecule has 0 bridgehead atoms. The average Bonchev–Trinajstić information content (AvgIpc) is 2.34. The molecule has 94 valence electrons. The zero-order chi connectivity index (χ0) is 13.1. The molecule has 0 aromatic heterocycles. The van der Waals surface area contributed by atoms with Crippen molar-refractivity contribution in [3.8, 4) is 0 Å². The minimum atomic E-state index is -0.823. The van der Waals surface area contributed by atoms with Gasteiger partial charge in [-0.15, -0.1) is 0 Å². The number of alkyl halides is 1. The van der Waals surface area contributed by atoms with E-state index in [1.165, 1.54) is 6.07 Å². The second-order valence-electron chi connectivity index (χ2n) is 3.97. The summed E-state index contributed by atoms with van der Waals surface area (Å²) in [7, 11) is 0. The van der Waals surface area contributed by atoms with Crippen molar-refractivity contribution >= 4 is 27.5 Å². The molecule has 0 amide bonds. The lowest BCUT2D eigenvalue weighted by atomic mass is 10.0. The van der Waals surface area contributed by atoms with E-state index in [-0.39, 0.29) is 4.83 Å². The van der Waals surface area contributed by atoms with Crippen molar-refractivity contribution in [2.24, 2.45) is 0 Å². The van der Waals surface area contributed by atoms with Gasteiger partial charge in [0.2, 0.25) is 0 Å². The molecule has 0 saturated carbocycles. The van der Waals surface area contributed by atoms with Gasteiger partial charge in [0.25, 0.3) is 0 Å². The van der Waals surface area contributed by atoms with Crippen LogP contribution in [-0.2, 0) is 6.42 Å². The normalized spacial score (nSPS) is 12.4. The second kappa shape index (κ2) is 5.81. The van der Waals surface area contributed by atoms with Crippen LogP contribution >= 0.6 is 27.5 Å². The van der Waals surface area contributed by atoms with E-state index in [2.05, 4.69) is 15.9 Å². The van der Waals surface area contributed by atoms with Crippen molar-refractivity contribution < 1.29 is 8.78 Å². The molecule has 0 heterocycles. The Labute approximate surface area is 118 Å². The summed E-state index contributed by atoms with van der Waals surface area (Å²) in [6, 6.07) is 11.4. The van der Waals surface area contributed by atoms with E-state index in [9.17, 15) is 8.78 Å². The maximum absolute atomic E-state index is 13.1. The summed E-state index contributed by atoms with van der Waals surface area (Å²) in [6.07, 6.45) is 0.582. The molecule has 2 aromatic carbocycles. The molecular weight excluding hydrogens is 322 g/mol. The molecule has 0 aliphatic heterocycles. The van der Waals surface area contributed by atoms with E-state index in [0.717, 1.165) is 17.2 Å². The molecule has 0 spiro atoms. The van der Waals surface area contributed by atoms with Gasteiger partial charge in [0.15, 0.2) is 11.6 Å². The van der Waals surface area contributed by atoms with Gasteiger partial charge >= 0.3 is 0 Å². The summed E-state index contributed by atoms with van der Waals surface area (Å²) < 4.78 is 25.9. The van der Waals surface area contributed by atoms with Crippen molar-refractivity contribution in [1.82, 2.24) is 0 Å². The van der Waals surface area contributed by atoms with Gasteiger partial charge in [-0.2, -0.15) is 0 Å². The van der Waals surface area contributed by atoms with Crippen LogP contribution in [-0.4, -0.2) is 0 Å². The quantitative estimate of drug-likeness (QED) is 0.670. The molecule has 1 unspecified atom stereocenters. The van der Waals surface area contributed by atoms with Crippen molar-refractivity contribution in [3.63, 3.8) is 0 Å². The molecule has 4 heteroatoms. The van der Waals surface area contributed by atoms with Gasteiger partial charge in [0.1, 0.15) is 0 Å². The number of benzene rings is 2. The van der Waals surface area contributed by atoms with E-state index in [4.69, 9.17) is 11.6 Å². The van der Waals surface area contributed by atoms with Crippen molar-refractivity contribution in [3.05, 3.63) is 70.2 Å². The number of hydrogen-bond donors (Lipinski definition) is 0. The monoisotopic (exact) mass is 330 g/mol. The Hall–Kier alpha value is -0.930. The van der Waals surface area contributed by atoms with Gasteiger partial charge in [-0.3, -0.25) is 0 Å². The standard InChI is InChI=1S/C14H10BrClF2/c15-12(10-2-4-11(16)5-3-10)7-9-1-6-13(17)14(18)8-9/h1-6,8,12H,7H2. The van der Waals surface area contributed by atoms with Crippen molar-refractivity contribution in [2.45, 2.75) is 11.2 Å². The number of rotatable bonds is 3. The van der Waals surface area contributed by atoms with Gasteiger partial charge < -0.3 is 0 Å². The summed E-state index contributed by atoms with van der Waals surface area (Å²) >= 11 is 9.34. The molecule has 0 aliphatic rings. The Kier molecular flexibility index (Phi) is 4.36. The van der Waals surface area contributed by atoms with E-state index >= 15 is 0 Å². The molecule has 0 saturated heterocycles. The van der Waals surface area contributed by atoms with E-state index in [1.54, 1.807) is 18.2 Å². The zero-order valence-corrected chi connectivity index (χ0v) is 11.7. The van der Waals surface area contributed by atoms with Gasteiger partial charge in [-0.05, 0) is 41.8 Å². The first-order valence-electron chi connectivity index (χ1n) is 5.40. The fourth-order valence-electron chi connectivity index (χ4n) is 1.66. The SMILES string of the molecule is Fc1ccc(CC(Br)c2ccc(Cl)cc2)cc1F. The van der Waals surface area contributed by atoms with Crippen LogP contribution in [0.3, 0.4) is 0 Å². The molecule has 0 nitrogen and oxygen atoms in total. The first-order chi connectivity index (χ1) is 8.56. The maximum Gasteiger partial charge on any atom is 0.159 e.